The number of carbonyl (C=O) groups excluding carboxylic acids is 1. The van der Waals surface area contributed by atoms with Crippen molar-refractivity contribution >= 4 is 35.2 Å². The Labute approximate surface area is 191 Å². The number of morpholine rings is 1. The van der Waals surface area contributed by atoms with Crippen LogP contribution in [0.3, 0.4) is 0 Å². The van der Waals surface area contributed by atoms with E-state index in [0.29, 0.717) is 53.5 Å². The van der Waals surface area contributed by atoms with Crippen molar-refractivity contribution in [3.05, 3.63) is 46.2 Å². The first-order valence-electron chi connectivity index (χ1n) is 9.92. The molecule has 2 aromatic rings. The van der Waals surface area contributed by atoms with Crippen molar-refractivity contribution in [1.82, 2.24) is 15.3 Å². The summed E-state index contributed by atoms with van der Waals surface area (Å²) in [7, 11) is 0. The molecule has 2 heterocycles. The molecule has 1 N–H and O–H groups in total. The van der Waals surface area contributed by atoms with Crippen LogP contribution in [0.25, 0.3) is 0 Å². The summed E-state index contributed by atoms with van der Waals surface area (Å²) >= 11 is 12.3. The van der Waals surface area contributed by atoms with Crippen LogP contribution in [0, 0.1) is 0 Å². The number of rotatable bonds is 6. The maximum absolute atomic E-state index is 11.8. The summed E-state index contributed by atoms with van der Waals surface area (Å²) in [5, 5.41) is 3.83. The quantitative estimate of drug-likeness (QED) is 0.682. The number of halogens is 2. The zero-order valence-corrected chi connectivity index (χ0v) is 19.2. The Hall–Kier alpha value is -2.29. The highest BCUT2D eigenvalue weighted by Gasteiger charge is 2.24. The first-order chi connectivity index (χ1) is 14.7. The Morgan fingerprint density at radius 2 is 1.94 bits per heavy atom. The molecule has 0 radical (unpaired) electrons. The predicted molar refractivity (Wildman–Crippen MR) is 119 cm³/mol. The maximum Gasteiger partial charge on any atom is 0.407 e. The van der Waals surface area contributed by atoms with Gasteiger partial charge in [-0.2, -0.15) is 0 Å². The van der Waals surface area contributed by atoms with Gasteiger partial charge in [-0.1, -0.05) is 29.3 Å². The van der Waals surface area contributed by atoms with Crippen molar-refractivity contribution in [2.45, 2.75) is 39.1 Å². The molecule has 0 bridgehead atoms. The molecule has 1 amide bonds. The first kappa shape index (κ1) is 23.4. The Bertz CT molecular complexity index is 870. The molecule has 1 aliphatic rings. The maximum atomic E-state index is 11.8. The minimum absolute atomic E-state index is 0.192. The third-order valence-electron chi connectivity index (χ3n) is 4.35. The van der Waals surface area contributed by atoms with Gasteiger partial charge in [-0.15, -0.1) is 0 Å². The lowest BCUT2D eigenvalue weighted by atomic mass is 10.2. The monoisotopic (exact) mass is 468 g/mol. The van der Waals surface area contributed by atoms with Gasteiger partial charge >= 0.3 is 6.09 Å². The Morgan fingerprint density at radius 1 is 1.26 bits per heavy atom. The molecule has 1 fully saturated rings. The molecule has 3 rings (SSSR count). The van der Waals surface area contributed by atoms with Crippen molar-refractivity contribution in [3.63, 3.8) is 0 Å². The molecule has 0 aliphatic carbocycles. The van der Waals surface area contributed by atoms with E-state index in [1.165, 1.54) is 0 Å². The molecule has 168 valence electrons. The normalized spacial score (nSPS) is 16.7. The fourth-order valence-electron chi connectivity index (χ4n) is 2.91. The molecule has 1 saturated heterocycles. The molecule has 1 aliphatic heterocycles. The van der Waals surface area contributed by atoms with Gasteiger partial charge in [0.1, 0.15) is 12.2 Å². The van der Waals surface area contributed by atoms with Crippen molar-refractivity contribution in [3.8, 4) is 5.75 Å². The van der Waals surface area contributed by atoms with Crippen LogP contribution in [-0.2, 0) is 16.1 Å². The van der Waals surface area contributed by atoms with Crippen molar-refractivity contribution in [1.29, 1.82) is 0 Å². The highest BCUT2D eigenvalue weighted by molar-refractivity contribution is 6.35. The smallest absolute Gasteiger partial charge is 0.407 e. The van der Waals surface area contributed by atoms with Crippen LogP contribution in [0.2, 0.25) is 10.0 Å². The second-order valence-corrected chi connectivity index (χ2v) is 8.84. The molecular weight excluding hydrogens is 443 g/mol. The number of nitrogens with one attached hydrogen (secondary N) is 1. The molecule has 0 unspecified atom stereocenters. The lowest BCUT2D eigenvalue weighted by molar-refractivity contribution is 0.0279. The number of amides is 1. The second-order valence-electron chi connectivity index (χ2n) is 8.03. The summed E-state index contributed by atoms with van der Waals surface area (Å²) in [4.78, 5) is 22.6. The van der Waals surface area contributed by atoms with Gasteiger partial charge in [0.15, 0.2) is 5.75 Å². The topological polar surface area (TPSA) is 85.8 Å². The Kier molecular flexibility index (Phi) is 7.80. The molecule has 10 heteroatoms. The first-order valence-corrected chi connectivity index (χ1v) is 10.7. The summed E-state index contributed by atoms with van der Waals surface area (Å²) in [6.45, 7) is 7.72. The zero-order chi connectivity index (χ0) is 22.4. The summed E-state index contributed by atoms with van der Waals surface area (Å²) in [5.74, 6) is 1.07. The number of hydrogen-bond acceptors (Lipinski definition) is 7. The fraction of sp³-hybridized carbons (Fsp3) is 0.476. The number of anilines is 1. The van der Waals surface area contributed by atoms with E-state index in [-0.39, 0.29) is 12.7 Å². The second kappa shape index (κ2) is 10.3. The van der Waals surface area contributed by atoms with Gasteiger partial charge in [0, 0.05) is 35.2 Å². The van der Waals surface area contributed by atoms with E-state index in [9.17, 15) is 4.79 Å². The SMILES string of the molecule is CC(C)(C)OC(=O)NC[C@@H]1CN(c2ncc(OCc3c(Cl)cccc3Cl)cn2)CCO1. The van der Waals surface area contributed by atoms with Gasteiger partial charge < -0.3 is 24.4 Å². The number of benzene rings is 1. The van der Waals surface area contributed by atoms with Crippen LogP contribution in [-0.4, -0.2) is 54.0 Å². The van der Waals surface area contributed by atoms with Crippen molar-refractivity contribution in [2.24, 2.45) is 0 Å². The number of ether oxygens (including phenoxy) is 3. The van der Waals surface area contributed by atoms with Gasteiger partial charge in [-0.25, -0.2) is 14.8 Å². The minimum Gasteiger partial charge on any atom is -0.486 e. The summed E-state index contributed by atoms with van der Waals surface area (Å²) in [6, 6.07) is 5.31. The van der Waals surface area contributed by atoms with E-state index >= 15 is 0 Å². The molecule has 1 aromatic carbocycles. The van der Waals surface area contributed by atoms with Gasteiger partial charge in [0.25, 0.3) is 0 Å². The average Bonchev–Trinajstić information content (AvgIpc) is 2.71. The number of hydrogen-bond donors (Lipinski definition) is 1. The van der Waals surface area contributed by atoms with Gasteiger partial charge in [0.05, 0.1) is 25.1 Å². The van der Waals surface area contributed by atoms with E-state index in [2.05, 4.69) is 15.3 Å². The Morgan fingerprint density at radius 3 is 2.58 bits per heavy atom. The zero-order valence-electron chi connectivity index (χ0n) is 17.7. The molecular formula is C21H26Cl2N4O4. The number of nitrogens with zero attached hydrogens (tertiary/aromatic N) is 3. The third-order valence-corrected chi connectivity index (χ3v) is 5.06. The minimum atomic E-state index is -0.543. The van der Waals surface area contributed by atoms with E-state index in [1.807, 2.05) is 25.7 Å². The average molecular weight is 469 g/mol. The molecule has 1 atom stereocenters. The van der Waals surface area contributed by atoms with Crippen LogP contribution in [0.15, 0.2) is 30.6 Å². The van der Waals surface area contributed by atoms with Crippen LogP contribution >= 0.6 is 23.2 Å². The van der Waals surface area contributed by atoms with Gasteiger partial charge in [-0.05, 0) is 32.9 Å². The largest absolute Gasteiger partial charge is 0.486 e. The predicted octanol–water partition coefficient (Wildman–Crippen LogP) is 4.09. The number of aromatic nitrogens is 2. The number of alkyl carbamates (subject to hydrolysis) is 1. The molecule has 8 nitrogen and oxygen atoms in total. The molecule has 31 heavy (non-hydrogen) atoms. The lowest BCUT2D eigenvalue weighted by Crippen LogP contribution is -2.48. The fourth-order valence-corrected chi connectivity index (χ4v) is 3.42. The van der Waals surface area contributed by atoms with Crippen LogP contribution in [0.4, 0.5) is 10.7 Å². The van der Waals surface area contributed by atoms with E-state index < -0.39 is 11.7 Å². The summed E-state index contributed by atoms with van der Waals surface area (Å²) < 4.78 is 16.7. The molecule has 0 saturated carbocycles. The van der Waals surface area contributed by atoms with E-state index in [1.54, 1.807) is 30.6 Å². The van der Waals surface area contributed by atoms with Gasteiger partial charge in [-0.3, -0.25) is 0 Å². The van der Waals surface area contributed by atoms with Crippen LogP contribution < -0.4 is 15.0 Å². The standard InChI is InChI=1S/C21H26Cl2N4O4/c1-21(2,3)31-20(28)26-11-15-12-27(7-8-29-15)19-24-9-14(10-25-19)30-13-16-17(22)5-4-6-18(16)23/h4-6,9-10,15H,7-8,11-13H2,1-3H3,(H,26,28)/t15-/m1/s1. The van der Waals surface area contributed by atoms with Crippen LogP contribution in [0.1, 0.15) is 26.3 Å². The molecule has 0 spiro atoms. The summed E-state index contributed by atoms with van der Waals surface area (Å²) in [6.07, 6.45) is 2.56. The van der Waals surface area contributed by atoms with E-state index in [4.69, 9.17) is 37.4 Å². The van der Waals surface area contributed by atoms with Crippen molar-refractivity contribution in [2.75, 3.05) is 31.1 Å². The highest BCUT2D eigenvalue weighted by Crippen LogP contribution is 2.26. The van der Waals surface area contributed by atoms with Gasteiger partial charge in [0.2, 0.25) is 5.95 Å². The third kappa shape index (κ3) is 7.12. The van der Waals surface area contributed by atoms with Crippen LogP contribution in [0.5, 0.6) is 5.75 Å². The van der Waals surface area contributed by atoms with Crippen molar-refractivity contribution < 1.29 is 19.0 Å². The summed E-state index contributed by atoms with van der Waals surface area (Å²) in [5.41, 5.74) is 0.168. The molecule has 1 aromatic heterocycles. The lowest BCUT2D eigenvalue weighted by Gasteiger charge is -2.33. The van der Waals surface area contributed by atoms with E-state index in [0.717, 1.165) is 0 Å². The number of carbonyl (C=O) groups is 1. The highest BCUT2D eigenvalue weighted by atomic mass is 35.5. The Balaban J connectivity index is 1.51.